The third-order valence-electron chi connectivity index (χ3n) is 6.01. The zero-order valence-corrected chi connectivity index (χ0v) is 18.9. The summed E-state index contributed by atoms with van der Waals surface area (Å²) in [4.78, 5) is 12.8. The van der Waals surface area contributed by atoms with E-state index in [1.807, 2.05) is 12.1 Å². The summed E-state index contributed by atoms with van der Waals surface area (Å²) >= 11 is 0. The first-order chi connectivity index (χ1) is 15.5. The number of hydrogen-bond acceptors (Lipinski definition) is 5. The lowest BCUT2D eigenvalue weighted by atomic mass is 10.0. The maximum atomic E-state index is 12.8. The van der Waals surface area contributed by atoms with Crippen molar-refractivity contribution in [1.29, 1.82) is 0 Å². The Labute approximate surface area is 189 Å². The summed E-state index contributed by atoms with van der Waals surface area (Å²) in [5, 5.41) is 29.4. The Bertz CT molecular complexity index is 1080. The standard InChI is InChI=1S/C27H34O5/c1-19-17-21(13-14-23(19)29)27-26(31)25(30)22-18-20(12-15-24(22)32-27)11-9-7-5-3-2-4-6-8-10-16-28/h12-15,17-18,28-29,31H,2-11,16H2,1H3. The SMILES string of the molecule is Cc1cc(-c2oc3ccc(CCCCCCCCCCCO)cc3c(=O)c2O)ccc1O. The van der Waals surface area contributed by atoms with E-state index in [-0.39, 0.29) is 11.5 Å². The van der Waals surface area contributed by atoms with Gasteiger partial charge in [0.2, 0.25) is 11.2 Å². The molecular formula is C27H34O5. The van der Waals surface area contributed by atoms with Crippen molar-refractivity contribution in [2.75, 3.05) is 6.61 Å². The van der Waals surface area contributed by atoms with Crippen molar-refractivity contribution in [3.63, 3.8) is 0 Å². The van der Waals surface area contributed by atoms with Crippen molar-refractivity contribution in [2.24, 2.45) is 0 Å². The van der Waals surface area contributed by atoms with Gasteiger partial charge < -0.3 is 19.7 Å². The van der Waals surface area contributed by atoms with E-state index in [4.69, 9.17) is 9.52 Å². The summed E-state index contributed by atoms with van der Waals surface area (Å²) < 4.78 is 5.87. The lowest BCUT2D eigenvalue weighted by Gasteiger charge is -2.09. The smallest absolute Gasteiger partial charge is 0.235 e. The van der Waals surface area contributed by atoms with Crippen LogP contribution in [0.2, 0.25) is 0 Å². The number of aryl methyl sites for hydroxylation is 2. The van der Waals surface area contributed by atoms with Crippen LogP contribution in [0.4, 0.5) is 0 Å². The molecule has 3 rings (SSSR count). The van der Waals surface area contributed by atoms with Crippen LogP contribution in [0.15, 0.2) is 45.6 Å². The number of aliphatic hydroxyl groups is 1. The highest BCUT2D eigenvalue weighted by Gasteiger charge is 2.16. The van der Waals surface area contributed by atoms with Crippen LogP contribution in [0.25, 0.3) is 22.3 Å². The molecule has 0 saturated carbocycles. The molecule has 0 spiro atoms. The van der Waals surface area contributed by atoms with Crippen LogP contribution in [0.3, 0.4) is 0 Å². The third-order valence-corrected chi connectivity index (χ3v) is 6.01. The summed E-state index contributed by atoms with van der Waals surface area (Å²) in [5.74, 6) is -0.132. The van der Waals surface area contributed by atoms with Gasteiger partial charge >= 0.3 is 0 Å². The van der Waals surface area contributed by atoms with E-state index in [2.05, 4.69) is 0 Å². The van der Waals surface area contributed by atoms with Gasteiger partial charge in [-0.15, -0.1) is 0 Å². The Morgan fingerprint density at radius 1 is 0.812 bits per heavy atom. The molecule has 1 aromatic heterocycles. The number of fused-ring (bicyclic) bond motifs is 1. The maximum absolute atomic E-state index is 12.8. The van der Waals surface area contributed by atoms with Gasteiger partial charge in [-0.2, -0.15) is 0 Å². The number of aromatic hydroxyl groups is 2. The van der Waals surface area contributed by atoms with Gasteiger partial charge in [0.1, 0.15) is 11.3 Å². The lowest BCUT2D eigenvalue weighted by molar-refractivity contribution is 0.282. The van der Waals surface area contributed by atoms with Gasteiger partial charge in [0.05, 0.1) is 5.39 Å². The van der Waals surface area contributed by atoms with Crippen LogP contribution < -0.4 is 5.43 Å². The second kappa shape index (κ2) is 11.7. The van der Waals surface area contributed by atoms with Gasteiger partial charge in [0.25, 0.3) is 0 Å². The number of rotatable bonds is 12. The zero-order valence-electron chi connectivity index (χ0n) is 18.9. The summed E-state index contributed by atoms with van der Waals surface area (Å²) in [6.07, 6.45) is 11.3. The fourth-order valence-electron chi connectivity index (χ4n) is 4.06. The van der Waals surface area contributed by atoms with E-state index in [1.54, 1.807) is 25.1 Å². The molecule has 172 valence electrons. The molecule has 0 aliphatic rings. The van der Waals surface area contributed by atoms with E-state index in [0.717, 1.165) is 37.7 Å². The monoisotopic (exact) mass is 438 g/mol. The van der Waals surface area contributed by atoms with Crippen molar-refractivity contribution in [3.05, 3.63) is 57.7 Å². The average Bonchev–Trinajstić information content (AvgIpc) is 2.79. The van der Waals surface area contributed by atoms with Gasteiger partial charge in [-0.25, -0.2) is 0 Å². The van der Waals surface area contributed by atoms with Crippen LogP contribution in [0.1, 0.15) is 68.9 Å². The molecule has 0 fully saturated rings. The Morgan fingerprint density at radius 2 is 1.47 bits per heavy atom. The molecule has 0 aliphatic carbocycles. The molecule has 32 heavy (non-hydrogen) atoms. The van der Waals surface area contributed by atoms with Crippen molar-refractivity contribution in [3.8, 4) is 22.8 Å². The molecule has 2 aromatic carbocycles. The molecular weight excluding hydrogens is 404 g/mol. The van der Waals surface area contributed by atoms with Gasteiger partial charge in [-0.3, -0.25) is 4.79 Å². The van der Waals surface area contributed by atoms with E-state index >= 15 is 0 Å². The van der Waals surface area contributed by atoms with Crippen molar-refractivity contribution < 1.29 is 19.7 Å². The van der Waals surface area contributed by atoms with Crippen LogP contribution in [0, 0.1) is 6.92 Å². The molecule has 0 aliphatic heterocycles. The van der Waals surface area contributed by atoms with Crippen LogP contribution >= 0.6 is 0 Å². The first kappa shape index (κ1) is 23.9. The van der Waals surface area contributed by atoms with Gasteiger partial charge in [-0.05, 0) is 67.6 Å². The average molecular weight is 439 g/mol. The van der Waals surface area contributed by atoms with Gasteiger partial charge in [0, 0.05) is 12.2 Å². The predicted molar refractivity (Wildman–Crippen MR) is 128 cm³/mol. The van der Waals surface area contributed by atoms with Crippen LogP contribution in [-0.4, -0.2) is 21.9 Å². The molecule has 0 saturated heterocycles. The highest BCUT2D eigenvalue weighted by molar-refractivity contribution is 5.82. The first-order valence-corrected chi connectivity index (χ1v) is 11.7. The van der Waals surface area contributed by atoms with Crippen molar-refractivity contribution in [1.82, 2.24) is 0 Å². The van der Waals surface area contributed by atoms with Crippen LogP contribution in [0.5, 0.6) is 11.5 Å². The molecule has 3 aromatic rings. The largest absolute Gasteiger partial charge is 0.508 e. The molecule has 1 heterocycles. The minimum absolute atomic E-state index is 0.120. The number of benzene rings is 2. The number of aliphatic hydroxyl groups excluding tert-OH is 1. The van der Waals surface area contributed by atoms with Gasteiger partial charge in [-0.1, -0.05) is 51.0 Å². The molecule has 0 atom stereocenters. The molecule has 5 heteroatoms. The van der Waals surface area contributed by atoms with Crippen molar-refractivity contribution in [2.45, 2.75) is 71.1 Å². The van der Waals surface area contributed by atoms with E-state index in [0.29, 0.717) is 28.7 Å². The second-order valence-electron chi connectivity index (χ2n) is 8.60. The fourth-order valence-corrected chi connectivity index (χ4v) is 4.06. The van der Waals surface area contributed by atoms with Crippen LogP contribution in [-0.2, 0) is 6.42 Å². The lowest BCUT2D eigenvalue weighted by Crippen LogP contribution is -2.03. The Hall–Kier alpha value is -2.79. The Kier molecular flexibility index (Phi) is 8.74. The molecule has 3 N–H and O–H groups in total. The highest BCUT2D eigenvalue weighted by atomic mass is 16.4. The number of phenols is 1. The molecule has 5 nitrogen and oxygen atoms in total. The van der Waals surface area contributed by atoms with Crippen molar-refractivity contribution >= 4 is 11.0 Å². The summed E-state index contributed by atoms with van der Waals surface area (Å²) in [6, 6.07) is 10.4. The highest BCUT2D eigenvalue weighted by Crippen LogP contribution is 2.32. The fraction of sp³-hybridized carbons (Fsp3) is 0.444. The number of unbranched alkanes of at least 4 members (excludes halogenated alkanes) is 8. The first-order valence-electron chi connectivity index (χ1n) is 11.7. The normalized spacial score (nSPS) is 11.3. The second-order valence-corrected chi connectivity index (χ2v) is 8.60. The van der Waals surface area contributed by atoms with E-state index < -0.39 is 11.2 Å². The van der Waals surface area contributed by atoms with E-state index in [9.17, 15) is 15.0 Å². The topological polar surface area (TPSA) is 90.9 Å². The molecule has 0 amide bonds. The van der Waals surface area contributed by atoms with E-state index in [1.165, 1.54) is 38.2 Å². The minimum atomic E-state index is -0.435. The molecule has 0 unspecified atom stereocenters. The number of hydrogen-bond donors (Lipinski definition) is 3. The summed E-state index contributed by atoms with van der Waals surface area (Å²) in [6.45, 7) is 2.05. The quantitative estimate of drug-likeness (QED) is 0.292. The minimum Gasteiger partial charge on any atom is -0.508 e. The van der Waals surface area contributed by atoms with Gasteiger partial charge in [0.15, 0.2) is 5.76 Å². The molecule has 0 radical (unpaired) electrons. The summed E-state index contributed by atoms with van der Waals surface area (Å²) in [5.41, 5.74) is 2.27. The maximum Gasteiger partial charge on any atom is 0.235 e. The Morgan fingerprint density at radius 3 is 2.12 bits per heavy atom. The molecule has 0 bridgehead atoms. The third kappa shape index (κ3) is 6.13. The Balaban J connectivity index is 1.58. The number of phenolic OH excluding ortho intramolecular Hbond substituents is 1. The summed E-state index contributed by atoms with van der Waals surface area (Å²) in [7, 11) is 0. The zero-order chi connectivity index (χ0) is 22.9. The predicted octanol–water partition coefficient (Wildman–Crippen LogP) is 6.23.